The SMILES string of the molecule is CCNC(c1cc(C)cc(F)c1)c1scc(C)c1Cl. The molecule has 1 unspecified atom stereocenters. The molecule has 2 aromatic rings. The number of halogens is 2. The normalized spacial score (nSPS) is 12.7. The maximum Gasteiger partial charge on any atom is 0.123 e. The van der Waals surface area contributed by atoms with Crippen LogP contribution in [0.1, 0.15) is 34.5 Å². The van der Waals surface area contributed by atoms with E-state index in [2.05, 4.69) is 5.32 Å². The van der Waals surface area contributed by atoms with Gasteiger partial charge in [0.1, 0.15) is 5.82 Å². The average molecular weight is 298 g/mol. The molecule has 1 N–H and O–H groups in total. The highest BCUT2D eigenvalue weighted by Crippen LogP contribution is 2.36. The summed E-state index contributed by atoms with van der Waals surface area (Å²) in [5, 5.41) is 6.19. The van der Waals surface area contributed by atoms with Crippen molar-refractivity contribution in [3.8, 4) is 0 Å². The minimum absolute atomic E-state index is 0.0504. The Balaban J connectivity index is 2.48. The molecule has 1 aromatic heterocycles. The van der Waals surface area contributed by atoms with Gasteiger partial charge < -0.3 is 5.32 Å². The molecular formula is C15H17ClFNS. The third kappa shape index (κ3) is 3.16. The van der Waals surface area contributed by atoms with Crippen molar-refractivity contribution >= 4 is 22.9 Å². The van der Waals surface area contributed by atoms with E-state index in [1.54, 1.807) is 17.4 Å². The van der Waals surface area contributed by atoms with Crippen LogP contribution in [-0.4, -0.2) is 6.54 Å². The zero-order valence-corrected chi connectivity index (χ0v) is 12.8. The first-order chi connectivity index (χ1) is 9.02. The largest absolute Gasteiger partial charge is 0.306 e. The van der Waals surface area contributed by atoms with E-state index in [1.165, 1.54) is 6.07 Å². The van der Waals surface area contributed by atoms with Gasteiger partial charge in [-0.05, 0) is 54.6 Å². The van der Waals surface area contributed by atoms with E-state index < -0.39 is 0 Å². The Hall–Kier alpha value is -0.900. The molecule has 4 heteroatoms. The minimum atomic E-state index is -0.206. The van der Waals surface area contributed by atoms with Crippen LogP contribution in [-0.2, 0) is 0 Å². The van der Waals surface area contributed by atoms with Crippen LogP contribution in [0.4, 0.5) is 4.39 Å². The fourth-order valence-corrected chi connectivity index (χ4v) is 3.55. The first-order valence-corrected chi connectivity index (χ1v) is 7.52. The summed E-state index contributed by atoms with van der Waals surface area (Å²) in [5.74, 6) is -0.206. The Kier molecular flexibility index (Phi) is 4.61. The molecule has 1 nitrogen and oxygen atoms in total. The molecule has 0 amide bonds. The van der Waals surface area contributed by atoms with Crippen molar-refractivity contribution in [3.63, 3.8) is 0 Å². The summed E-state index contributed by atoms with van der Waals surface area (Å²) < 4.78 is 13.6. The van der Waals surface area contributed by atoms with Crippen LogP contribution in [0.3, 0.4) is 0 Å². The fraction of sp³-hybridized carbons (Fsp3) is 0.333. The van der Waals surface area contributed by atoms with Gasteiger partial charge in [-0.15, -0.1) is 11.3 Å². The van der Waals surface area contributed by atoms with E-state index in [9.17, 15) is 4.39 Å². The monoisotopic (exact) mass is 297 g/mol. The molecule has 102 valence electrons. The van der Waals surface area contributed by atoms with Crippen LogP contribution in [0.25, 0.3) is 0 Å². The summed E-state index contributed by atoms with van der Waals surface area (Å²) in [6.07, 6.45) is 0. The van der Waals surface area contributed by atoms with E-state index in [4.69, 9.17) is 11.6 Å². The Morgan fingerprint density at radius 1 is 1.32 bits per heavy atom. The van der Waals surface area contributed by atoms with Crippen molar-refractivity contribution in [2.75, 3.05) is 6.54 Å². The Morgan fingerprint density at radius 2 is 2.05 bits per heavy atom. The molecule has 0 aliphatic rings. The molecule has 0 aliphatic carbocycles. The van der Waals surface area contributed by atoms with E-state index in [1.807, 2.05) is 32.2 Å². The molecular weight excluding hydrogens is 281 g/mol. The molecule has 19 heavy (non-hydrogen) atoms. The van der Waals surface area contributed by atoms with Crippen LogP contribution in [0.2, 0.25) is 5.02 Å². The fourth-order valence-electron chi connectivity index (χ4n) is 2.14. The van der Waals surface area contributed by atoms with Crippen molar-refractivity contribution in [1.82, 2.24) is 5.32 Å². The summed E-state index contributed by atoms with van der Waals surface area (Å²) >= 11 is 7.96. The standard InChI is InChI=1S/C15H17ClFNS/c1-4-18-14(15-13(16)10(3)8-19-15)11-5-9(2)6-12(17)7-11/h5-8,14,18H,4H2,1-3H3. The highest BCUT2D eigenvalue weighted by Gasteiger charge is 2.19. The Labute approximate surface area is 122 Å². The van der Waals surface area contributed by atoms with Gasteiger partial charge in [-0.3, -0.25) is 0 Å². The highest BCUT2D eigenvalue weighted by atomic mass is 35.5. The number of nitrogens with one attached hydrogen (secondary N) is 1. The topological polar surface area (TPSA) is 12.0 Å². The zero-order valence-electron chi connectivity index (χ0n) is 11.3. The average Bonchev–Trinajstić information content (AvgIpc) is 2.66. The first-order valence-electron chi connectivity index (χ1n) is 6.27. The third-order valence-corrected chi connectivity index (χ3v) is 4.77. The lowest BCUT2D eigenvalue weighted by Crippen LogP contribution is -2.21. The minimum Gasteiger partial charge on any atom is -0.306 e. The number of thiophene rings is 1. The van der Waals surface area contributed by atoms with Crippen LogP contribution in [0, 0.1) is 19.7 Å². The Bertz CT molecular complexity index is 559. The van der Waals surface area contributed by atoms with E-state index >= 15 is 0 Å². The maximum atomic E-state index is 13.6. The lowest BCUT2D eigenvalue weighted by Gasteiger charge is -2.18. The molecule has 1 atom stereocenters. The smallest absolute Gasteiger partial charge is 0.123 e. The van der Waals surface area contributed by atoms with Gasteiger partial charge in [0.2, 0.25) is 0 Å². The molecule has 0 radical (unpaired) electrons. The van der Waals surface area contributed by atoms with Crippen molar-refractivity contribution < 1.29 is 4.39 Å². The summed E-state index contributed by atoms with van der Waals surface area (Å²) in [5.41, 5.74) is 2.91. The highest BCUT2D eigenvalue weighted by molar-refractivity contribution is 7.10. The Morgan fingerprint density at radius 3 is 2.58 bits per heavy atom. The second kappa shape index (κ2) is 6.04. The van der Waals surface area contributed by atoms with Gasteiger partial charge in [-0.1, -0.05) is 24.6 Å². The van der Waals surface area contributed by atoms with E-state index in [0.717, 1.165) is 33.1 Å². The summed E-state index contributed by atoms with van der Waals surface area (Å²) in [6.45, 7) is 6.72. The van der Waals surface area contributed by atoms with Crippen molar-refractivity contribution in [1.29, 1.82) is 0 Å². The lowest BCUT2D eigenvalue weighted by atomic mass is 10.0. The van der Waals surface area contributed by atoms with Crippen LogP contribution in [0.15, 0.2) is 23.6 Å². The molecule has 1 heterocycles. The molecule has 0 aliphatic heterocycles. The summed E-state index contributed by atoms with van der Waals surface area (Å²) in [7, 11) is 0. The first kappa shape index (κ1) is 14.5. The van der Waals surface area contributed by atoms with Crippen molar-refractivity contribution in [3.05, 3.63) is 56.0 Å². The van der Waals surface area contributed by atoms with Gasteiger partial charge in [-0.2, -0.15) is 0 Å². The molecule has 0 spiro atoms. The van der Waals surface area contributed by atoms with Gasteiger partial charge >= 0.3 is 0 Å². The van der Waals surface area contributed by atoms with Crippen molar-refractivity contribution in [2.45, 2.75) is 26.8 Å². The maximum absolute atomic E-state index is 13.6. The number of aryl methyl sites for hydroxylation is 2. The summed E-state index contributed by atoms with van der Waals surface area (Å²) in [4.78, 5) is 1.05. The van der Waals surface area contributed by atoms with Gasteiger partial charge in [0.05, 0.1) is 11.1 Å². The molecule has 0 saturated heterocycles. The van der Waals surface area contributed by atoms with Crippen molar-refractivity contribution in [2.24, 2.45) is 0 Å². The zero-order chi connectivity index (χ0) is 14.0. The number of hydrogen-bond donors (Lipinski definition) is 1. The second-order valence-corrected chi connectivity index (χ2v) is 5.94. The van der Waals surface area contributed by atoms with Crippen LogP contribution in [0.5, 0.6) is 0 Å². The van der Waals surface area contributed by atoms with Gasteiger partial charge in [0.15, 0.2) is 0 Å². The molecule has 0 fully saturated rings. The third-order valence-electron chi connectivity index (χ3n) is 2.99. The van der Waals surface area contributed by atoms with Gasteiger partial charge in [0, 0.05) is 4.88 Å². The van der Waals surface area contributed by atoms with E-state index in [0.29, 0.717) is 0 Å². The molecule has 0 bridgehead atoms. The van der Waals surface area contributed by atoms with Gasteiger partial charge in [0.25, 0.3) is 0 Å². The molecule has 2 rings (SSSR count). The number of hydrogen-bond acceptors (Lipinski definition) is 2. The molecule has 1 aromatic carbocycles. The lowest BCUT2D eigenvalue weighted by molar-refractivity contribution is 0.605. The number of benzene rings is 1. The predicted octanol–water partition coefficient (Wildman–Crippen LogP) is 4.86. The van der Waals surface area contributed by atoms with Crippen LogP contribution < -0.4 is 5.32 Å². The number of rotatable bonds is 4. The summed E-state index contributed by atoms with van der Waals surface area (Å²) in [6, 6.07) is 5.06. The van der Waals surface area contributed by atoms with E-state index in [-0.39, 0.29) is 11.9 Å². The quantitative estimate of drug-likeness (QED) is 0.850. The molecule has 0 saturated carbocycles. The van der Waals surface area contributed by atoms with Crippen LogP contribution >= 0.6 is 22.9 Å². The van der Waals surface area contributed by atoms with Gasteiger partial charge in [-0.25, -0.2) is 4.39 Å². The predicted molar refractivity (Wildman–Crippen MR) is 80.7 cm³/mol. The second-order valence-electron chi connectivity index (χ2n) is 4.65.